The summed E-state index contributed by atoms with van der Waals surface area (Å²) in [4.78, 5) is 47.9. The van der Waals surface area contributed by atoms with E-state index in [-0.39, 0.29) is 30.3 Å². The van der Waals surface area contributed by atoms with Crippen LogP contribution in [0.1, 0.15) is 47.0 Å². The fraction of sp³-hybridized carbons (Fsp3) is 0.778. The summed E-state index contributed by atoms with van der Waals surface area (Å²) in [5.74, 6) is -2.78. The lowest BCUT2D eigenvalue weighted by Crippen LogP contribution is -2.55. The van der Waals surface area contributed by atoms with Gasteiger partial charge in [0.2, 0.25) is 17.7 Å². The van der Waals surface area contributed by atoms with E-state index in [1.54, 1.807) is 20.8 Å². The van der Waals surface area contributed by atoms with Gasteiger partial charge in [-0.2, -0.15) is 0 Å². The van der Waals surface area contributed by atoms with Crippen molar-refractivity contribution in [2.24, 2.45) is 11.8 Å². The van der Waals surface area contributed by atoms with Crippen LogP contribution >= 0.6 is 0 Å². The summed E-state index contributed by atoms with van der Waals surface area (Å²) in [5, 5.41) is 19.9. The van der Waals surface area contributed by atoms with E-state index in [2.05, 4.69) is 21.3 Å². The van der Waals surface area contributed by atoms with Crippen molar-refractivity contribution in [1.82, 2.24) is 21.3 Å². The second kappa shape index (κ2) is 10.9. The molecule has 154 valence electrons. The van der Waals surface area contributed by atoms with Gasteiger partial charge in [-0.05, 0) is 31.2 Å². The van der Waals surface area contributed by atoms with Crippen molar-refractivity contribution in [3.8, 4) is 0 Å². The van der Waals surface area contributed by atoms with Gasteiger partial charge in [0.15, 0.2) is 0 Å². The van der Waals surface area contributed by atoms with Gasteiger partial charge in [0, 0.05) is 0 Å². The van der Waals surface area contributed by atoms with Crippen LogP contribution in [0.15, 0.2) is 0 Å². The summed E-state index contributed by atoms with van der Waals surface area (Å²) in [6.45, 7) is 7.60. The predicted octanol–water partition coefficient (Wildman–Crippen LogP) is -0.389. The molecule has 1 aliphatic heterocycles. The molecule has 0 aromatic rings. The standard InChI is InChI=1S/C18H32N4O5/c1-5-11(4)15(18(26)27)21-13(23)9-20-17(25)14(10(2)3)22-16(24)12-7-6-8-19-12/h10-12,14-15,19H,5-9H2,1-4H3,(H,20,25)(H,21,23)(H,22,24)(H,26,27). The summed E-state index contributed by atoms with van der Waals surface area (Å²) >= 11 is 0. The number of aliphatic carboxylic acids is 1. The highest BCUT2D eigenvalue weighted by atomic mass is 16.4. The fourth-order valence-corrected chi connectivity index (χ4v) is 2.88. The Morgan fingerprint density at radius 1 is 1.11 bits per heavy atom. The average Bonchev–Trinajstić information content (AvgIpc) is 3.15. The fourth-order valence-electron chi connectivity index (χ4n) is 2.88. The van der Waals surface area contributed by atoms with Crippen LogP contribution < -0.4 is 21.3 Å². The van der Waals surface area contributed by atoms with E-state index in [9.17, 15) is 24.3 Å². The predicted molar refractivity (Wildman–Crippen MR) is 99.8 cm³/mol. The molecular weight excluding hydrogens is 352 g/mol. The van der Waals surface area contributed by atoms with Crippen LogP contribution in [-0.2, 0) is 19.2 Å². The minimum absolute atomic E-state index is 0.162. The zero-order valence-electron chi connectivity index (χ0n) is 16.5. The van der Waals surface area contributed by atoms with Crippen molar-refractivity contribution in [2.75, 3.05) is 13.1 Å². The summed E-state index contributed by atoms with van der Waals surface area (Å²) < 4.78 is 0. The molecule has 1 fully saturated rings. The normalized spacial score (nSPS) is 19.8. The van der Waals surface area contributed by atoms with Gasteiger partial charge in [0.25, 0.3) is 0 Å². The first-order valence-corrected chi connectivity index (χ1v) is 9.51. The van der Waals surface area contributed by atoms with E-state index in [0.717, 1.165) is 19.4 Å². The van der Waals surface area contributed by atoms with Crippen molar-refractivity contribution >= 4 is 23.7 Å². The molecule has 0 aromatic carbocycles. The van der Waals surface area contributed by atoms with Gasteiger partial charge in [-0.1, -0.05) is 34.1 Å². The number of hydrogen-bond donors (Lipinski definition) is 5. The average molecular weight is 384 g/mol. The van der Waals surface area contributed by atoms with Crippen molar-refractivity contribution in [1.29, 1.82) is 0 Å². The van der Waals surface area contributed by atoms with Crippen LogP contribution in [0.2, 0.25) is 0 Å². The van der Waals surface area contributed by atoms with Gasteiger partial charge in [0.05, 0.1) is 12.6 Å². The summed E-state index contributed by atoms with van der Waals surface area (Å²) in [5.41, 5.74) is 0. The SMILES string of the molecule is CCC(C)C(NC(=O)CNC(=O)C(NC(=O)C1CCCN1)C(C)C)C(=O)O. The maximum absolute atomic E-state index is 12.4. The molecule has 3 amide bonds. The van der Waals surface area contributed by atoms with E-state index in [0.29, 0.717) is 6.42 Å². The molecule has 0 bridgehead atoms. The maximum Gasteiger partial charge on any atom is 0.326 e. The van der Waals surface area contributed by atoms with Crippen LogP contribution in [-0.4, -0.2) is 60.0 Å². The largest absolute Gasteiger partial charge is 0.480 e. The highest BCUT2D eigenvalue weighted by Crippen LogP contribution is 2.09. The van der Waals surface area contributed by atoms with E-state index >= 15 is 0 Å². The number of carboxylic acids is 1. The molecule has 4 atom stereocenters. The van der Waals surface area contributed by atoms with E-state index < -0.39 is 29.9 Å². The second-order valence-corrected chi connectivity index (χ2v) is 7.37. The molecule has 4 unspecified atom stereocenters. The molecule has 0 radical (unpaired) electrons. The third-order valence-electron chi connectivity index (χ3n) is 4.84. The zero-order valence-corrected chi connectivity index (χ0v) is 16.5. The molecule has 0 aliphatic carbocycles. The molecule has 0 aromatic heterocycles. The van der Waals surface area contributed by atoms with Crippen molar-refractivity contribution in [2.45, 2.75) is 65.1 Å². The van der Waals surface area contributed by atoms with E-state index in [1.807, 2.05) is 6.92 Å². The third-order valence-corrected chi connectivity index (χ3v) is 4.84. The maximum atomic E-state index is 12.4. The van der Waals surface area contributed by atoms with Crippen LogP contribution in [0.5, 0.6) is 0 Å². The third kappa shape index (κ3) is 7.16. The Kier molecular flexibility index (Phi) is 9.20. The van der Waals surface area contributed by atoms with Crippen molar-refractivity contribution in [3.05, 3.63) is 0 Å². The molecule has 5 N–H and O–H groups in total. The molecule has 9 nitrogen and oxygen atoms in total. The lowest BCUT2D eigenvalue weighted by Gasteiger charge is -2.24. The van der Waals surface area contributed by atoms with Gasteiger partial charge in [-0.15, -0.1) is 0 Å². The van der Waals surface area contributed by atoms with Gasteiger partial charge in [-0.3, -0.25) is 14.4 Å². The minimum Gasteiger partial charge on any atom is -0.480 e. The highest BCUT2D eigenvalue weighted by molar-refractivity contribution is 5.92. The molecule has 0 spiro atoms. The van der Waals surface area contributed by atoms with Crippen molar-refractivity contribution in [3.63, 3.8) is 0 Å². The van der Waals surface area contributed by atoms with Gasteiger partial charge in [0.1, 0.15) is 12.1 Å². The Hall–Kier alpha value is -2.16. The Balaban J connectivity index is 2.56. The molecular formula is C18H32N4O5. The molecule has 1 saturated heterocycles. The molecule has 1 aliphatic rings. The van der Waals surface area contributed by atoms with E-state index in [1.165, 1.54) is 0 Å². The zero-order chi connectivity index (χ0) is 20.6. The lowest BCUT2D eigenvalue weighted by atomic mass is 9.99. The number of carboxylic acid groups (broad SMARTS) is 1. The Labute approximate surface area is 160 Å². The number of rotatable bonds is 10. The Morgan fingerprint density at radius 3 is 2.26 bits per heavy atom. The Bertz CT molecular complexity index is 546. The molecule has 1 rings (SSSR count). The summed E-state index contributed by atoms with van der Waals surface area (Å²) in [6, 6.07) is -2.07. The number of amides is 3. The highest BCUT2D eigenvalue weighted by Gasteiger charge is 2.30. The topological polar surface area (TPSA) is 137 Å². The first kappa shape index (κ1) is 22.9. The van der Waals surface area contributed by atoms with Crippen LogP contribution in [0, 0.1) is 11.8 Å². The first-order chi connectivity index (χ1) is 12.7. The molecule has 27 heavy (non-hydrogen) atoms. The van der Waals surface area contributed by atoms with Crippen LogP contribution in [0.25, 0.3) is 0 Å². The van der Waals surface area contributed by atoms with Crippen LogP contribution in [0.4, 0.5) is 0 Å². The number of carbonyl (C=O) groups excluding carboxylic acids is 3. The van der Waals surface area contributed by atoms with Gasteiger partial charge < -0.3 is 26.4 Å². The van der Waals surface area contributed by atoms with Crippen LogP contribution in [0.3, 0.4) is 0 Å². The smallest absolute Gasteiger partial charge is 0.326 e. The van der Waals surface area contributed by atoms with Crippen molar-refractivity contribution < 1.29 is 24.3 Å². The first-order valence-electron chi connectivity index (χ1n) is 9.51. The molecule has 0 saturated carbocycles. The molecule has 9 heteroatoms. The van der Waals surface area contributed by atoms with E-state index in [4.69, 9.17) is 0 Å². The number of carbonyl (C=O) groups is 4. The second-order valence-electron chi connectivity index (χ2n) is 7.37. The minimum atomic E-state index is -1.11. The number of hydrogen-bond acceptors (Lipinski definition) is 5. The summed E-state index contributed by atoms with van der Waals surface area (Å²) in [6.07, 6.45) is 2.24. The number of nitrogens with one attached hydrogen (secondary N) is 4. The monoisotopic (exact) mass is 384 g/mol. The lowest BCUT2D eigenvalue weighted by molar-refractivity contribution is -0.143. The van der Waals surface area contributed by atoms with Gasteiger partial charge in [-0.25, -0.2) is 4.79 Å². The summed E-state index contributed by atoms with van der Waals surface area (Å²) in [7, 11) is 0. The molecule has 1 heterocycles. The quantitative estimate of drug-likeness (QED) is 0.348. The Morgan fingerprint density at radius 2 is 1.78 bits per heavy atom. The van der Waals surface area contributed by atoms with Gasteiger partial charge >= 0.3 is 5.97 Å².